The lowest BCUT2D eigenvalue weighted by molar-refractivity contribution is 0.273. The molecule has 2 rings (SSSR count). The number of aromatic hydroxyl groups is 1. The zero-order valence-corrected chi connectivity index (χ0v) is 8.70. The van der Waals surface area contributed by atoms with E-state index in [-0.39, 0.29) is 12.4 Å². The summed E-state index contributed by atoms with van der Waals surface area (Å²) in [6, 6.07) is 0. The lowest BCUT2D eigenvalue weighted by atomic mass is 10.1. The second-order valence-electron chi connectivity index (χ2n) is 3.36. The molecule has 0 amide bonds. The summed E-state index contributed by atoms with van der Waals surface area (Å²) in [7, 11) is 0. The fraction of sp³-hybridized carbons (Fsp3) is 0.333. The summed E-state index contributed by atoms with van der Waals surface area (Å²) < 4.78 is 1.49. The van der Waals surface area contributed by atoms with Crippen LogP contribution in [0.5, 0.6) is 5.75 Å². The molecular formula is C9H11N5O2. The molecule has 16 heavy (non-hydrogen) atoms. The van der Waals surface area contributed by atoms with Gasteiger partial charge >= 0.3 is 0 Å². The number of rotatable bonds is 3. The third kappa shape index (κ3) is 1.84. The normalized spacial score (nSPS) is 10.6. The first-order chi connectivity index (χ1) is 7.72. The lowest BCUT2D eigenvalue weighted by Gasteiger charge is -2.09. The van der Waals surface area contributed by atoms with Crippen molar-refractivity contribution >= 4 is 0 Å². The number of hydrogen-bond donors (Lipinski definition) is 2. The van der Waals surface area contributed by atoms with Crippen LogP contribution in [0.2, 0.25) is 0 Å². The number of aryl methyl sites for hydroxylation is 1. The Kier molecular flexibility index (Phi) is 2.78. The number of hydrogen-bond acceptors (Lipinski definition) is 6. The minimum atomic E-state index is -0.243. The summed E-state index contributed by atoms with van der Waals surface area (Å²) in [6.45, 7) is 1.80. The highest BCUT2D eigenvalue weighted by Crippen LogP contribution is 2.23. The van der Waals surface area contributed by atoms with Crippen molar-refractivity contribution in [2.45, 2.75) is 20.1 Å². The standard InChI is InChI=1S/C9H11N5O2/c1-6-9(16)8(4-15)7(2-10-6)3-14-5-11-12-13-14/h2,5,15-16H,3-4H2,1H3. The summed E-state index contributed by atoms with van der Waals surface area (Å²) in [4.78, 5) is 4.02. The molecule has 84 valence electrons. The first kappa shape index (κ1) is 10.5. The summed E-state index contributed by atoms with van der Waals surface area (Å²) in [5.74, 6) is 0.0214. The van der Waals surface area contributed by atoms with Gasteiger partial charge in [0.2, 0.25) is 0 Å². The monoisotopic (exact) mass is 221 g/mol. The van der Waals surface area contributed by atoms with Gasteiger partial charge in [-0.3, -0.25) is 4.98 Å². The van der Waals surface area contributed by atoms with Crippen LogP contribution in [0, 0.1) is 6.92 Å². The molecule has 0 saturated heterocycles. The average Bonchev–Trinajstić information content (AvgIpc) is 2.77. The molecule has 0 bridgehead atoms. The van der Waals surface area contributed by atoms with Gasteiger partial charge in [0.25, 0.3) is 0 Å². The molecule has 0 unspecified atom stereocenters. The molecule has 7 nitrogen and oxygen atoms in total. The van der Waals surface area contributed by atoms with Gasteiger partial charge in [-0.25, -0.2) is 4.68 Å². The van der Waals surface area contributed by atoms with E-state index in [1.54, 1.807) is 13.1 Å². The second kappa shape index (κ2) is 4.23. The minimum absolute atomic E-state index is 0.0214. The van der Waals surface area contributed by atoms with E-state index in [9.17, 15) is 10.2 Å². The first-order valence-electron chi connectivity index (χ1n) is 4.70. The van der Waals surface area contributed by atoms with Crippen LogP contribution in [0.25, 0.3) is 0 Å². The van der Waals surface area contributed by atoms with Gasteiger partial charge < -0.3 is 10.2 Å². The highest BCUT2D eigenvalue weighted by Gasteiger charge is 2.11. The van der Waals surface area contributed by atoms with Gasteiger partial charge in [0, 0.05) is 17.3 Å². The van der Waals surface area contributed by atoms with Gasteiger partial charge in [0.1, 0.15) is 12.1 Å². The van der Waals surface area contributed by atoms with Crippen molar-refractivity contribution < 1.29 is 10.2 Å². The Morgan fingerprint density at radius 2 is 2.25 bits per heavy atom. The molecule has 0 aliphatic rings. The van der Waals surface area contributed by atoms with Crippen LogP contribution < -0.4 is 0 Å². The molecular weight excluding hydrogens is 210 g/mol. The van der Waals surface area contributed by atoms with Crippen LogP contribution >= 0.6 is 0 Å². The van der Waals surface area contributed by atoms with E-state index in [1.165, 1.54) is 11.0 Å². The van der Waals surface area contributed by atoms with Crippen molar-refractivity contribution in [2.75, 3.05) is 0 Å². The van der Waals surface area contributed by atoms with Crippen molar-refractivity contribution in [3.63, 3.8) is 0 Å². The third-order valence-corrected chi connectivity index (χ3v) is 2.31. The number of aromatic nitrogens is 5. The Bertz CT molecular complexity index is 483. The highest BCUT2D eigenvalue weighted by atomic mass is 16.3. The molecule has 0 fully saturated rings. The van der Waals surface area contributed by atoms with E-state index in [1.807, 2.05) is 0 Å². The molecule has 0 aliphatic heterocycles. The van der Waals surface area contributed by atoms with Gasteiger partial charge in [0.15, 0.2) is 0 Å². The molecule has 0 aromatic carbocycles. The van der Waals surface area contributed by atoms with E-state index in [0.717, 1.165) is 0 Å². The number of pyridine rings is 1. The Morgan fingerprint density at radius 1 is 1.44 bits per heavy atom. The maximum absolute atomic E-state index is 9.72. The maximum Gasteiger partial charge on any atom is 0.142 e. The van der Waals surface area contributed by atoms with Crippen LogP contribution in [0.1, 0.15) is 16.8 Å². The Balaban J connectivity index is 2.37. The van der Waals surface area contributed by atoms with E-state index < -0.39 is 0 Å². The predicted molar refractivity (Wildman–Crippen MR) is 53.5 cm³/mol. The molecule has 0 spiro atoms. The van der Waals surface area contributed by atoms with Crippen molar-refractivity contribution in [3.05, 3.63) is 29.3 Å². The lowest BCUT2D eigenvalue weighted by Crippen LogP contribution is -2.06. The van der Waals surface area contributed by atoms with Gasteiger partial charge in [-0.1, -0.05) is 0 Å². The van der Waals surface area contributed by atoms with Gasteiger partial charge in [-0.05, 0) is 17.4 Å². The SMILES string of the molecule is Cc1ncc(Cn2cnnn2)c(CO)c1O. The Labute approximate surface area is 91.4 Å². The molecule has 0 saturated carbocycles. The summed E-state index contributed by atoms with van der Waals surface area (Å²) >= 11 is 0. The number of aliphatic hydroxyl groups is 1. The zero-order valence-electron chi connectivity index (χ0n) is 8.70. The van der Waals surface area contributed by atoms with Crippen LogP contribution in [0.3, 0.4) is 0 Å². The van der Waals surface area contributed by atoms with E-state index in [2.05, 4.69) is 20.5 Å². The van der Waals surface area contributed by atoms with Crippen molar-refractivity contribution in [2.24, 2.45) is 0 Å². The molecule has 2 aromatic rings. The third-order valence-electron chi connectivity index (χ3n) is 2.31. The molecule has 2 heterocycles. The fourth-order valence-electron chi connectivity index (χ4n) is 1.42. The zero-order chi connectivity index (χ0) is 11.5. The van der Waals surface area contributed by atoms with E-state index in [0.29, 0.717) is 23.4 Å². The van der Waals surface area contributed by atoms with Gasteiger partial charge in [0.05, 0.1) is 18.8 Å². The molecule has 2 N–H and O–H groups in total. The van der Waals surface area contributed by atoms with Crippen LogP contribution in [0.15, 0.2) is 12.5 Å². The highest BCUT2D eigenvalue weighted by molar-refractivity contribution is 5.40. The molecule has 0 radical (unpaired) electrons. The quantitative estimate of drug-likeness (QED) is 0.733. The Morgan fingerprint density at radius 3 is 2.88 bits per heavy atom. The first-order valence-corrected chi connectivity index (χ1v) is 4.70. The smallest absolute Gasteiger partial charge is 0.142 e. The molecule has 2 aromatic heterocycles. The molecule has 7 heteroatoms. The second-order valence-corrected chi connectivity index (χ2v) is 3.36. The largest absolute Gasteiger partial charge is 0.506 e. The van der Waals surface area contributed by atoms with Crippen molar-refractivity contribution in [1.29, 1.82) is 0 Å². The fourth-order valence-corrected chi connectivity index (χ4v) is 1.42. The number of aliphatic hydroxyl groups excluding tert-OH is 1. The van der Waals surface area contributed by atoms with Gasteiger partial charge in [-0.15, -0.1) is 5.10 Å². The Hall–Kier alpha value is -2.02. The number of tetrazole rings is 1. The van der Waals surface area contributed by atoms with E-state index >= 15 is 0 Å². The van der Waals surface area contributed by atoms with Gasteiger partial charge in [-0.2, -0.15) is 0 Å². The summed E-state index contributed by atoms with van der Waals surface area (Å²) in [5, 5.41) is 29.6. The average molecular weight is 221 g/mol. The maximum atomic E-state index is 9.72. The molecule has 0 atom stereocenters. The minimum Gasteiger partial charge on any atom is -0.506 e. The van der Waals surface area contributed by atoms with Crippen molar-refractivity contribution in [1.82, 2.24) is 25.2 Å². The summed E-state index contributed by atoms with van der Waals surface area (Å²) in [5.41, 5.74) is 1.64. The van der Waals surface area contributed by atoms with Crippen molar-refractivity contribution in [3.8, 4) is 5.75 Å². The predicted octanol–water partition coefficient (Wildman–Crippen LogP) is -0.377. The number of nitrogens with zero attached hydrogens (tertiary/aromatic N) is 5. The van der Waals surface area contributed by atoms with Crippen LogP contribution in [-0.4, -0.2) is 35.4 Å². The van der Waals surface area contributed by atoms with Crippen LogP contribution in [0.4, 0.5) is 0 Å². The van der Waals surface area contributed by atoms with Crippen LogP contribution in [-0.2, 0) is 13.2 Å². The summed E-state index contributed by atoms with van der Waals surface area (Å²) in [6.07, 6.45) is 3.06. The molecule has 0 aliphatic carbocycles. The van der Waals surface area contributed by atoms with E-state index in [4.69, 9.17) is 0 Å². The topological polar surface area (TPSA) is 97.0 Å².